The van der Waals surface area contributed by atoms with Crippen LogP contribution in [0.3, 0.4) is 0 Å². The molecule has 4 fully saturated rings. The van der Waals surface area contributed by atoms with Crippen LogP contribution in [-0.4, -0.2) is 35.5 Å². The number of hydrogen-bond acceptors (Lipinski definition) is 7. The monoisotopic (exact) mass is 482 g/mol. The summed E-state index contributed by atoms with van der Waals surface area (Å²) in [6.45, 7) is 12.0. The summed E-state index contributed by atoms with van der Waals surface area (Å²) in [7, 11) is 0. The van der Waals surface area contributed by atoms with E-state index >= 15 is 0 Å². The predicted molar refractivity (Wildman–Crippen MR) is 124 cm³/mol. The highest BCUT2D eigenvalue weighted by Gasteiger charge is 2.85. The first-order valence-corrected chi connectivity index (χ1v) is 12.7. The number of ether oxygens (including phenoxy) is 3. The molecular weight excluding hydrogens is 448 g/mol. The zero-order valence-corrected chi connectivity index (χ0v) is 21.2. The third-order valence-electron chi connectivity index (χ3n) is 10.6. The maximum Gasteiger partial charge on any atom is 0.339 e. The van der Waals surface area contributed by atoms with Gasteiger partial charge in [0.05, 0.1) is 12.5 Å². The van der Waals surface area contributed by atoms with Crippen LogP contribution in [0.15, 0.2) is 35.2 Å². The minimum Gasteiger partial charge on any atom is -0.472 e. The standard InChI is InChI=1S/C28H34O7/c1-14-11-18-26(5)9-7-19(30)25(3,4)17(26)12-20(33-15(2)29)27(18,6)28-21(14)22(16-8-10-32-13-16)34-24(31)23(28)35-28/h7-10,13-14,17-18,20-23H,11-12H2,1-6H3/t14-,17+,18+,20-,21+,22+,23-,26+,27+,28+/m1/s1. The molecule has 0 radical (unpaired) electrons. The number of allylic oxidation sites excluding steroid dienone is 2. The summed E-state index contributed by atoms with van der Waals surface area (Å²) in [5.74, 6) is -0.542. The van der Waals surface area contributed by atoms with Crippen LogP contribution in [0.1, 0.15) is 66.1 Å². The molecule has 2 aliphatic heterocycles. The molecule has 0 N–H and O–H groups in total. The number of carbonyl (C=O) groups excluding carboxylic acids is 3. The molecule has 0 unspecified atom stereocenters. The average Bonchev–Trinajstić information content (AvgIpc) is 3.31. The molecule has 1 spiro atoms. The number of fused-ring (bicyclic) bond motifs is 3. The van der Waals surface area contributed by atoms with Crippen molar-refractivity contribution in [1.82, 2.24) is 0 Å². The molecule has 5 aliphatic rings. The summed E-state index contributed by atoms with van der Waals surface area (Å²) < 4.78 is 23.9. The van der Waals surface area contributed by atoms with Crippen LogP contribution in [0.5, 0.6) is 0 Å². The molecule has 0 aromatic carbocycles. The minimum atomic E-state index is -0.819. The Labute approximate surface area is 205 Å². The quantitative estimate of drug-likeness (QED) is 0.455. The van der Waals surface area contributed by atoms with Crippen LogP contribution >= 0.6 is 0 Å². The van der Waals surface area contributed by atoms with Crippen LogP contribution in [0, 0.1) is 39.9 Å². The van der Waals surface area contributed by atoms with Gasteiger partial charge in [0.1, 0.15) is 17.8 Å². The van der Waals surface area contributed by atoms with E-state index in [0.29, 0.717) is 6.42 Å². The van der Waals surface area contributed by atoms with E-state index in [1.165, 1.54) is 6.92 Å². The molecule has 2 saturated heterocycles. The van der Waals surface area contributed by atoms with Crippen molar-refractivity contribution in [2.75, 3.05) is 0 Å². The van der Waals surface area contributed by atoms with Crippen LogP contribution in [0.4, 0.5) is 0 Å². The van der Waals surface area contributed by atoms with E-state index in [2.05, 4.69) is 26.8 Å². The fourth-order valence-corrected chi connectivity index (χ4v) is 9.01. The molecule has 0 amide bonds. The van der Waals surface area contributed by atoms with Gasteiger partial charge in [0.15, 0.2) is 11.9 Å². The van der Waals surface area contributed by atoms with Crippen molar-refractivity contribution in [3.8, 4) is 0 Å². The highest BCUT2D eigenvalue weighted by Crippen LogP contribution is 2.77. The topological polar surface area (TPSA) is 95.3 Å². The molecule has 7 heteroatoms. The van der Waals surface area contributed by atoms with Gasteiger partial charge in [0, 0.05) is 29.2 Å². The van der Waals surface area contributed by atoms with Crippen molar-refractivity contribution in [2.24, 2.45) is 39.9 Å². The molecule has 0 bridgehead atoms. The highest BCUT2D eigenvalue weighted by molar-refractivity contribution is 5.95. The van der Waals surface area contributed by atoms with Gasteiger partial charge in [-0.25, -0.2) is 4.79 Å². The second-order valence-corrected chi connectivity index (χ2v) is 12.5. The van der Waals surface area contributed by atoms with Crippen LogP contribution < -0.4 is 0 Å². The lowest BCUT2D eigenvalue weighted by Crippen LogP contribution is -2.71. The number of rotatable bonds is 2. The van der Waals surface area contributed by atoms with Gasteiger partial charge in [-0.2, -0.15) is 0 Å². The lowest BCUT2D eigenvalue weighted by Gasteiger charge is -2.67. The number of hydrogen-bond donors (Lipinski definition) is 0. The van der Waals surface area contributed by atoms with Crippen molar-refractivity contribution in [3.05, 3.63) is 36.3 Å². The van der Waals surface area contributed by atoms with Crippen LogP contribution in [0.2, 0.25) is 0 Å². The summed E-state index contributed by atoms with van der Waals surface area (Å²) in [5, 5.41) is 0. The number of ketones is 1. The fraction of sp³-hybridized carbons (Fsp3) is 0.679. The second kappa shape index (κ2) is 6.87. The third kappa shape index (κ3) is 2.63. The molecule has 1 aromatic rings. The van der Waals surface area contributed by atoms with Gasteiger partial charge >= 0.3 is 11.9 Å². The van der Waals surface area contributed by atoms with Gasteiger partial charge in [0.25, 0.3) is 0 Å². The average molecular weight is 483 g/mol. The molecule has 2 saturated carbocycles. The first-order chi connectivity index (χ1) is 16.4. The molecule has 7 nitrogen and oxygen atoms in total. The zero-order chi connectivity index (χ0) is 25.1. The Kier molecular flexibility index (Phi) is 4.52. The Morgan fingerprint density at radius 3 is 2.51 bits per heavy atom. The van der Waals surface area contributed by atoms with E-state index in [0.717, 1.165) is 12.0 Å². The van der Waals surface area contributed by atoms with Crippen molar-refractivity contribution < 1.29 is 33.0 Å². The lowest BCUT2D eigenvalue weighted by molar-refractivity contribution is -0.240. The Hall–Kier alpha value is -2.41. The predicted octanol–water partition coefficient (Wildman–Crippen LogP) is 4.42. The van der Waals surface area contributed by atoms with E-state index < -0.39 is 34.7 Å². The van der Waals surface area contributed by atoms with Crippen molar-refractivity contribution in [3.63, 3.8) is 0 Å². The number of epoxide rings is 1. The summed E-state index contributed by atoms with van der Waals surface area (Å²) in [6.07, 6.45) is 6.77. The van der Waals surface area contributed by atoms with Gasteiger partial charge in [-0.1, -0.05) is 40.7 Å². The smallest absolute Gasteiger partial charge is 0.339 e. The van der Waals surface area contributed by atoms with Gasteiger partial charge in [-0.05, 0) is 48.2 Å². The summed E-state index contributed by atoms with van der Waals surface area (Å²) in [6, 6.07) is 1.84. The zero-order valence-electron chi connectivity index (χ0n) is 21.2. The van der Waals surface area contributed by atoms with Gasteiger partial charge in [-0.15, -0.1) is 0 Å². The molecule has 188 valence electrons. The summed E-state index contributed by atoms with van der Waals surface area (Å²) in [5.41, 5.74) is -1.55. The molecule has 3 aliphatic carbocycles. The van der Waals surface area contributed by atoms with E-state index in [-0.39, 0.29) is 46.8 Å². The van der Waals surface area contributed by atoms with Gasteiger partial charge in [0.2, 0.25) is 0 Å². The normalized spacial score (nSPS) is 49.1. The molecular formula is C28H34O7. The van der Waals surface area contributed by atoms with Crippen molar-refractivity contribution in [2.45, 2.75) is 78.3 Å². The SMILES string of the molecule is CC(=O)O[C@@H]1C[C@H]2C(C)(C)C(=O)C=C[C@]2(C)[C@@H]2C[C@@H](C)[C@H]3[C@H](c4ccoc4)OC(=O)[C@H]4O[C@@]34[C@]12C. The Bertz CT molecular complexity index is 1130. The Morgan fingerprint density at radius 1 is 1.11 bits per heavy atom. The Balaban J connectivity index is 1.55. The third-order valence-corrected chi connectivity index (χ3v) is 10.6. The second-order valence-electron chi connectivity index (χ2n) is 12.5. The molecule has 10 atom stereocenters. The van der Waals surface area contributed by atoms with Gasteiger partial charge < -0.3 is 18.6 Å². The molecule has 6 rings (SSSR count). The minimum absolute atomic E-state index is 0.00696. The largest absolute Gasteiger partial charge is 0.472 e. The number of esters is 2. The molecule has 35 heavy (non-hydrogen) atoms. The summed E-state index contributed by atoms with van der Waals surface area (Å²) in [4.78, 5) is 38.6. The van der Waals surface area contributed by atoms with Gasteiger partial charge in [-0.3, -0.25) is 9.59 Å². The van der Waals surface area contributed by atoms with E-state index in [1.54, 1.807) is 18.6 Å². The maximum atomic E-state index is 13.2. The number of furan rings is 1. The molecule has 1 aromatic heterocycles. The van der Waals surface area contributed by atoms with Crippen LogP contribution in [0.25, 0.3) is 0 Å². The highest BCUT2D eigenvalue weighted by atomic mass is 16.7. The lowest BCUT2D eigenvalue weighted by atomic mass is 9.37. The first kappa shape index (κ1) is 23.0. The summed E-state index contributed by atoms with van der Waals surface area (Å²) >= 11 is 0. The Morgan fingerprint density at radius 2 is 1.86 bits per heavy atom. The molecule has 3 heterocycles. The van der Waals surface area contributed by atoms with Crippen molar-refractivity contribution in [1.29, 1.82) is 0 Å². The first-order valence-electron chi connectivity index (χ1n) is 12.7. The number of cyclic esters (lactones) is 1. The maximum absolute atomic E-state index is 13.2. The fourth-order valence-electron chi connectivity index (χ4n) is 9.01. The van der Waals surface area contributed by atoms with Crippen LogP contribution in [-0.2, 0) is 28.6 Å². The number of carbonyl (C=O) groups is 3. The van der Waals surface area contributed by atoms with Crippen molar-refractivity contribution >= 4 is 17.7 Å². The van der Waals surface area contributed by atoms with E-state index in [4.69, 9.17) is 18.6 Å². The van der Waals surface area contributed by atoms with E-state index in [1.807, 2.05) is 19.9 Å². The van der Waals surface area contributed by atoms with E-state index in [9.17, 15) is 14.4 Å².